The highest BCUT2D eigenvalue weighted by atomic mass is 32.2. The second-order valence-corrected chi connectivity index (χ2v) is 7.70. The van der Waals surface area contributed by atoms with Gasteiger partial charge in [0.2, 0.25) is 0 Å². The summed E-state index contributed by atoms with van der Waals surface area (Å²) < 4.78 is 33.2. The zero-order chi connectivity index (χ0) is 12.7. The van der Waals surface area contributed by atoms with E-state index in [1.165, 1.54) is 0 Å². The van der Waals surface area contributed by atoms with Crippen molar-refractivity contribution >= 4 is 19.9 Å². The number of hydrogen-bond acceptors (Lipinski definition) is 4. The van der Waals surface area contributed by atoms with E-state index in [0.29, 0.717) is 13.0 Å². The van der Waals surface area contributed by atoms with Gasteiger partial charge >= 0.3 is 10.1 Å². The molecule has 0 aliphatic rings. The number of nitrogens with zero attached hydrogens (tertiary/aromatic N) is 1. The third-order valence-electron chi connectivity index (χ3n) is 2.06. The molecule has 0 unspecified atom stereocenters. The van der Waals surface area contributed by atoms with Crippen molar-refractivity contribution in [3.63, 3.8) is 0 Å². The molecule has 0 aromatic rings. The molecule has 0 aromatic heterocycles. The first-order valence-electron chi connectivity index (χ1n) is 5.59. The maximum atomic E-state index is 11.5. The van der Waals surface area contributed by atoms with Gasteiger partial charge in [-0.3, -0.25) is 0 Å². The van der Waals surface area contributed by atoms with Crippen molar-refractivity contribution in [2.45, 2.75) is 25.8 Å². The Bertz CT molecular complexity index is 279. The predicted octanol–water partition coefficient (Wildman–Crippen LogP) is 0.273. The van der Waals surface area contributed by atoms with E-state index in [9.17, 15) is 8.42 Å². The summed E-state index contributed by atoms with van der Waals surface area (Å²) in [4.78, 5) is 0. The van der Waals surface area contributed by atoms with Crippen LogP contribution in [0.1, 0.15) is 19.8 Å². The van der Waals surface area contributed by atoms with Gasteiger partial charge in [0, 0.05) is 7.11 Å². The van der Waals surface area contributed by atoms with Crippen LogP contribution in [0.3, 0.4) is 0 Å². The minimum Gasteiger partial charge on any atom is -0.427 e. The Morgan fingerprint density at radius 1 is 1.31 bits per heavy atom. The second kappa shape index (κ2) is 7.39. The highest BCUT2D eigenvalue weighted by Crippen LogP contribution is 2.09. The van der Waals surface area contributed by atoms with Gasteiger partial charge in [-0.05, 0) is 18.9 Å². The molecule has 0 aromatic carbocycles. The molecule has 0 bridgehead atoms. The Hall–Kier alpha value is 0.0469. The van der Waals surface area contributed by atoms with Crippen LogP contribution in [0.25, 0.3) is 0 Å². The van der Waals surface area contributed by atoms with E-state index in [-0.39, 0.29) is 10.4 Å². The van der Waals surface area contributed by atoms with E-state index in [0.717, 1.165) is 12.5 Å². The molecule has 0 aliphatic carbocycles. The summed E-state index contributed by atoms with van der Waals surface area (Å²) in [7, 11) is 1.45. The zero-order valence-electron chi connectivity index (χ0n) is 10.7. The summed E-state index contributed by atoms with van der Waals surface area (Å²) in [5, 5.41) is 0. The molecule has 0 amide bonds. The van der Waals surface area contributed by atoms with E-state index < -0.39 is 19.9 Å². The highest BCUT2D eigenvalue weighted by molar-refractivity contribution is 7.86. The molecule has 0 radical (unpaired) electrons. The number of hydrogen-bond donors (Lipinski definition) is 0. The summed E-state index contributed by atoms with van der Waals surface area (Å²) in [5.41, 5.74) is 0. The number of rotatable bonds is 9. The normalized spacial score (nSPS) is 13.8. The maximum Gasteiger partial charge on any atom is 0.314 e. The van der Waals surface area contributed by atoms with Gasteiger partial charge in [0.1, 0.15) is 6.54 Å². The van der Waals surface area contributed by atoms with Gasteiger partial charge in [0.15, 0.2) is 9.76 Å². The van der Waals surface area contributed by atoms with Crippen molar-refractivity contribution in [1.29, 1.82) is 0 Å². The lowest BCUT2D eigenvalue weighted by Gasteiger charge is -2.25. The fourth-order valence-corrected chi connectivity index (χ4v) is 3.35. The van der Waals surface area contributed by atoms with Crippen molar-refractivity contribution in [3.05, 3.63) is 0 Å². The molecule has 0 N–H and O–H groups in total. The van der Waals surface area contributed by atoms with Crippen LogP contribution in [0, 0.1) is 0 Å². The first-order chi connectivity index (χ1) is 7.33. The Balaban J connectivity index is 4.03. The zero-order valence-corrected chi connectivity index (χ0v) is 13.0. The fraction of sp³-hybridized carbons (Fsp3) is 1.00. The van der Waals surface area contributed by atoms with Crippen LogP contribution in [0.4, 0.5) is 0 Å². The molecule has 0 saturated carbocycles. The smallest absolute Gasteiger partial charge is 0.314 e. The van der Waals surface area contributed by atoms with Gasteiger partial charge in [-0.15, -0.1) is 0 Å². The van der Waals surface area contributed by atoms with E-state index in [4.69, 9.17) is 8.71 Å². The maximum absolute atomic E-state index is 11.5. The van der Waals surface area contributed by atoms with Gasteiger partial charge < -0.3 is 4.43 Å². The summed E-state index contributed by atoms with van der Waals surface area (Å²) >= 11 is 0. The lowest BCUT2D eigenvalue weighted by atomic mass is 10.4. The van der Waals surface area contributed by atoms with Crippen LogP contribution in [0.15, 0.2) is 0 Å². The molecule has 0 saturated heterocycles. The quantitative estimate of drug-likeness (QED) is 0.261. The lowest BCUT2D eigenvalue weighted by Crippen LogP contribution is -2.42. The molecule has 7 heteroatoms. The van der Waals surface area contributed by atoms with Crippen molar-refractivity contribution in [2.75, 3.05) is 33.5 Å². The molecule has 0 heterocycles. The number of hydroxylamine groups is 3. The third kappa shape index (κ3) is 8.23. The molecule has 5 nitrogen and oxygen atoms in total. The summed E-state index contributed by atoms with van der Waals surface area (Å²) in [6.07, 6.45) is 1.52. The Labute approximate surface area is 101 Å². The Kier molecular flexibility index (Phi) is 7.41. The molecule has 0 atom stereocenters. The van der Waals surface area contributed by atoms with Crippen LogP contribution in [0.5, 0.6) is 0 Å². The topological polar surface area (TPSA) is 52.6 Å². The first kappa shape index (κ1) is 16.0. The minimum atomic E-state index is -3.38. The van der Waals surface area contributed by atoms with Crippen LogP contribution in [-0.2, 0) is 18.8 Å². The minimum absolute atomic E-state index is 0.0699. The van der Waals surface area contributed by atoms with Gasteiger partial charge in [-0.2, -0.15) is 13.1 Å². The summed E-state index contributed by atoms with van der Waals surface area (Å²) in [6.45, 7) is 2.52. The van der Waals surface area contributed by atoms with Gasteiger partial charge in [-0.1, -0.05) is 11.2 Å². The monoisotopic (exact) mass is 270 g/mol. The van der Waals surface area contributed by atoms with Crippen LogP contribution < -0.4 is 0 Å². The average molecular weight is 270 g/mol. The Morgan fingerprint density at radius 2 is 1.94 bits per heavy atom. The molecular formula is C9H24NO4SSi+. The van der Waals surface area contributed by atoms with E-state index in [2.05, 4.69) is 0 Å². The molecule has 16 heavy (non-hydrogen) atoms. The molecule has 98 valence electrons. The van der Waals surface area contributed by atoms with Crippen molar-refractivity contribution in [2.24, 2.45) is 0 Å². The highest BCUT2D eigenvalue weighted by Gasteiger charge is 2.25. The molecule has 0 rings (SSSR count). The lowest BCUT2D eigenvalue weighted by molar-refractivity contribution is -1.05. The van der Waals surface area contributed by atoms with Crippen molar-refractivity contribution < 1.29 is 21.8 Å². The molecule has 0 spiro atoms. The second-order valence-electron chi connectivity index (χ2n) is 4.33. The fourth-order valence-electron chi connectivity index (χ4n) is 1.37. The van der Waals surface area contributed by atoms with E-state index in [1.807, 2.05) is 6.92 Å². The average Bonchev–Trinajstić information content (AvgIpc) is 2.10. The standard InChI is InChI=1S/C9H24NO4SSi/c1-5-8-15(11,12)14-10(2,3)7-6-9-16-13-4/h5-9,16H2,1-4H3/q+1. The van der Waals surface area contributed by atoms with Gasteiger partial charge in [-0.25, -0.2) is 0 Å². The van der Waals surface area contributed by atoms with E-state index >= 15 is 0 Å². The largest absolute Gasteiger partial charge is 0.427 e. The van der Waals surface area contributed by atoms with Crippen LogP contribution in [0.2, 0.25) is 6.04 Å². The Morgan fingerprint density at radius 3 is 2.44 bits per heavy atom. The SMILES string of the molecule is CCCS(=O)(=O)O[N+](C)(C)CCC[SiH2]OC. The molecular weight excluding hydrogens is 246 g/mol. The summed E-state index contributed by atoms with van der Waals surface area (Å²) in [5.74, 6) is 0.0848. The number of quaternary nitrogens is 1. The third-order valence-corrected chi connectivity index (χ3v) is 4.80. The first-order valence-corrected chi connectivity index (χ1v) is 8.74. The van der Waals surface area contributed by atoms with Crippen molar-refractivity contribution in [3.8, 4) is 0 Å². The van der Waals surface area contributed by atoms with Crippen molar-refractivity contribution in [1.82, 2.24) is 0 Å². The van der Waals surface area contributed by atoms with E-state index in [1.54, 1.807) is 21.2 Å². The van der Waals surface area contributed by atoms with Crippen LogP contribution in [-0.4, -0.2) is 56.3 Å². The molecule has 0 aliphatic heterocycles. The van der Waals surface area contributed by atoms with Crippen LogP contribution >= 0.6 is 0 Å². The molecule has 0 fully saturated rings. The van der Waals surface area contributed by atoms with Gasteiger partial charge in [0.05, 0.1) is 19.8 Å². The predicted molar refractivity (Wildman–Crippen MR) is 67.1 cm³/mol. The summed E-state index contributed by atoms with van der Waals surface area (Å²) in [6, 6.07) is 1.05. The van der Waals surface area contributed by atoms with Gasteiger partial charge in [0.25, 0.3) is 0 Å².